The van der Waals surface area contributed by atoms with Crippen LogP contribution in [-0.4, -0.2) is 36.6 Å². The zero-order valence-corrected chi connectivity index (χ0v) is 11.2. The van der Waals surface area contributed by atoms with Crippen LogP contribution < -0.4 is 5.32 Å². The van der Waals surface area contributed by atoms with Crippen molar-refractivity contribution in [1.29, 1.82) is 0 Å². The van der Waals surface area contributed by atoms with Crippen LogP contribution in [-0.2, 0) is 0 Å². The first-order valence-electron chi connectivity index (χ1n) is 7.18. The fraction of sp³-hybridized carbons (Fsp3) is 1.00. The van der Waals surface area contributed by atoms with Crippen molar-refractivity contribution >= 4 is 0 Å². The van der Waals surface area contributed by atoms with E-state index in [-0.39, 0.29) is 0 Å². The number of hydrogen-bond acceptors (Lipinski definition) is 2. The maximum atomic E-state index is 3.71. The van der Waals surface area contributed by atoms with Gasteiger partial charge in [0, 0.05) is 31.7 Å². The molecular formula is C14H28N2. The van der Waals surface area contributed by atoms with Gasteiger partial charge in [-0.2, -0.15) is 0 Å². The zero-order valence-electron chi connectivity index (χ0n) is 11.2. The number of nitrogens with one attached hydrogen (secondary N) is 1. The highest BCUT2D eigenvalue weighted by Crippen LogP contribution is 2.26. The van der Waals surface area contributed by atoms with Crippen molar-refractivity contribution in [2.75, 3.05) is 19.6 Å². The van der Waals surface area contributed by atoms with Gasteiger partial charge in [0.2, 0.25) is 0 Å². The minimum Gasteiger partial charge on any atom is -0.312 e. The third kappa shape index (κ3) is 3.21. The average Bonchev–Trinajstić information content (AvgIpc) is 3.01. The summed E-state index contributed by atoms with van der Waals surface area (Å²) in [5, 5.41) is 3.71. The number of nitrogens with zero attached hydrogens (tertiary/aromatic N) is 1. The SMILES string of the molecule is CCCC(CNC1CC1)N1CC(C)C(C)C1. The number of hydrogen-bond donors (Lipinski definition) is 1. The lowest BCUT2D eigenvalue weighted by atomic mass is 10.0. The lowest BCUT2D eigenvalue weighted by Gasteiger charge is -2.28. The van der Waals surface area contributed by atoms with Gasteiger partial charge in [0.05, 0.1) is 0 Å². The largest absolute Gasteiger partial charge is 0.312 e. The third-order valence-electron chi connectivity index (χ3n) is 4.37. The van der Waals surface area contributed by atoms with E-state index < -0.39 is 0 Å². The van der Waals surface area contributed by atoms with Crippen molar-refractivity contribution < 1.29 is 0 Å². The van der Waals surface area contributed by atoms with Gasteiger partial charge in [-0.05, 0) is 31.1 Å². The Labute approximate surface area is 101 Å². The van der Waals surface area contributed by atoms with Gasteiger partial charge in [0.1, 0.15) is 0 Å². The highest BCUT2D eigenvalue weighted by atomic mass is 15.2. The predicted octanol–water partition coefficient (Wildman–Crippen LogP) is 2.49. The van der Waals surface area contributed by atoms with Gasteiger partial charge in [-0.15, -0.1) is 0 Å². The van der Waals surface area contributed by atoms with Gasteiger partial charge in [0.15, 0.2) is 0 Å². The van der Waals surface area contributed by atoms with Gasteiger partial charge >= 0.3 is 0 Å². The normalized spacial score (nSPS) is 33.2. The molecule has 0 radical (unpaired) electrons. The Morgan fingerprint density at radius 2 is 1.81 bits per heavy atom. The molecule has 2 rings (SSSR count). The Morgan fingerprint density at radius 1 is 1.19 bits per heavy atom. The molecule has 1 heterocycles. The molecule has 0 aromatic carbocycles. The molecule has 2 aliphatic rings. The fourth-order valence-corrected chi connectivity index (χ4v) is 2.81. The Morgan fingerprint density at radius 3 is 2.31 bits per heavy atom. The van der Waals surface area contributed by atoms with Crippen LogP contribution in [0, 0.1) is 11.8 Å². The van der Waals surface area contributed by atoms with Crippen LogP contribution in [0.4, 0.5) is 0 Å². The number of likely N-dealkylation sites (tertiary alicyclic amines) is 1. The van der Waals surface area contributed by atoms with E-state index in [1.54, 1.807) is 0 Å². The van der Waals surface area contributed by atoms with E-state index in [2.05, 4.69) is 31.0 Å². The molecule has 0 aromatic rings. The van der Waals surface area contributed by atoms with E-state index in [1.165, 1.54) is 45.3 Å². The van der Waals surface area contributed by atoms with Crippen LogP contribution in [0.3, 0.4) is 0 Å². The molecular weight excluding hydrogens is 196 g/mol. The summed E-state index contributed by atoms with van der Waals surface area (Å²) in [5.41, 5.74) is 0. The second-order valence-electron chi connectivity index (χ2n) is 6.03. The van der Waals surface area contributed by atoms with E-state index in [9.17, 15) is 0 Å². The molecule has 94 valence electrons. The molecule has 1 aliphatic carbocycles. The quantitative estimate of drug-likeness (QED) is 0.746. The van der Waals surface area contributed by atoms with Crippen molar-refractivity contribution in [2.45, 2.75) is 58.5 Å². The van der Waals surface area contributed by atoms with Crippen molar-refractivity contribution in [1.82, 2.24) is 10.2 Å². The van der Waals surface area contributed by atoms with Gasteiger partial charge in [-0.1, -0.05) is 27.2 Å². The second kappa shape index (κ2) is 5.50. The summed E-state index contributed by atoms with van der Waals surface area (Å²) >= 11 is 0. The topological polar surface area (TPSA) is 15.3 Å². The van der Waals surface area contributed by atoms with Crippen molar-refractivity contribution in [2.24, 2.45) is 11.8 Å². The molecule has 0 amide bonds. The Bertz CT molecular complexity index is 203. The van der Waals surface area contributed by atoms with E-state index in [1.807, 2.05) is 0 Å². The van der Waals surface area contributed by atoms with E-state index in [0.29, 0.717) is 0 Å². The maximum absolute atomic E-state index is 3.71. The standard InChI is InChI=1S/C14H28N2/c1-4-5-14(8-15-13-6-7-13)16-9-11(2)12(3)10-16/h11-15H,4-10H2,1-3H3. The minimum absolute atomic E-state index is 0.790. The fourth-order valence-electron chi connectivity index (χ4n) is 2.81. The molecule has 1 N–H and O–H groups in total. The first-order chi connectivity index (χ1) is 7.70. The van der Waals surface area contributed by atoms with Crippen molar-refractivity contribution in [3.63, 3.8) is 0 Å². The number of rotatable bonds is 6. The van der Waals surface area contributed by atoms with Crippen LogP contribution in [0.25, 0.3) is 0 Å². The van der Waals surface area contributed by atoms with E-state index >= 15 is 0 Å². The second-order valence-corrected chi connectivity index (χ2v) is 6.03. The summed E-state index contributed by atoms with van der Waals surface area (Å²) in [7, 11) is 0. The molecule has 2 heteroatoms. The maximum Gasteiger partial charge on any atom is 0.0220 e. The molecule has 2 nitrogen and oxygen atoms in total. The molecule has 0 spiro atoms. The summed E-state index contributed by atoms with van der Waals surface area (Å²) in [5.74, 6) is 1.78. The first kappa shape index (κ1) is 12.4. The average molecular weight is 224 g/mol. The monoisotopic (exact) mass is 224 g/mol. The van der Waals surface area contributed by atoms with Gasteiger partial charge < -0.3 is 5.32 Å². The van der Waals surface area contributed by atoms with Crippen molar-refractivity contribution in [3.8, 4) is 0 Å². The van der Waals surface area contributed by atoms with Crippen LogP contribution in [0.5, 0.6) is 0 Å². The first-order valence-corrected chi connectivity index (χ1v) is 7.18. The molecule has 16 heavy (non-hydrogen) atoms. The molecule has 1 saturated heterocycles. The molecule has 0 aromatic heterocycles. The molecule has 1 saturated carbocycles. The van der Waals surface area contributed by atoms with Gasteiger partial charge in [-0.3, -0.25) is 4.90 Å². The molecule has 1 aliphatic heterocycles. The summed E-state index contributed by atoms with van der Waals surface area (Å²) < 4.78 is 0. The highest BCUT2D eigenvalue weighted by Gasteiger charge is 2.31. The van der Waals surface area contributed by atoms with Crippen LogP contribution in [0.15, 0.2) is 0 Å². The summed E-state index contributed by atoms with van der Waals surface area (Å²) in [6.07, 6.45) is 5.49. The van der Waals surface area contributed by atoms with Crippen LogP contribution >= 0.6 is 0 Å². The molecule has 2 fully saturated rings. The summed E-state index contributed by atoms with van der Waals surface area (Å²) in [6.45, 7) is 11.0. The highest BCUT2D eigenvalue weighted by molar-refractivity contribution is 4.88. The Kier molecular flexibility index (Phi) is 4.26. The van der Waals surface area contributed by atoms with E-state index in [4.69, 9.17) is 0 Å². The minimum atomic E-state index is 0.790. The van der Waals surface area contributed by atoms with Gasteiger partial charge in [0.25, 0.3) is 0 Å². The zero-order chi connectivity index (χ0) is 11.5. The molecule has 3 unspecified atom stereocenters. The molecule has 0 bridgehead atoms. The van der Waals surface area contributed by atoms with Gasteiger partial charge in [-0.25, -0.2) is 0 Å². The summed E-state index contributed by atoms with van der Waals surface area (Å²) in [6, 6.07) is 1.65. The summed E-state index contributed by atoms with van der Waals surface area (Å²) in [4.78, 5) is 2.73. The Balaban J connectivity index is 1.80. The molecule has 3 atom stereocenters. The van der Waals surface area contributed by atoms with Crippen LogP contribution in [0.2, 0.25) is 0 Å². The van der Waals surface area contributed by atoms with E-state index in [0.717, 1.165) is 23.9 Å². The third-order valence-corrected chi connectivity index (χ3v) is 4.37. The smallest absolute Gasteiger partial charge is 0.0220 e. The lowest BCUT2D eigenvalue weighted by Crippen LogP contribution is -2.41. The lowest BCUT2D eigenvalue weighted by molar-refractivity contribution is 0.213. The van der Waals surface area contributed by atoms with Crippen LogP contribution in [0.1, 0.15) is 46.5 Å². The Hall–Kier alpha value is -0.0800. The predicted molar refractivity (Wildman–Crippen MR) is 69.6 cm³/mol. The van der Waals surface area contributed by atoms with Crippen molar-refractivity contribution in [3.05, 3.63) is 0 Å².